The summed E-state index contributed by atoms with van der Waals surface area (Å²) in [7, 11) is 3.80. The van der Waals surface area contributed by atoms with E-state index in [0.717, 1.165) is 36.0 Å². The maximum atomic E-state index is 6.25. The van der Waals surface area contributed by atoms with Crippen molar-refractivity contribution in [1.82, 2.24) is 10.2 Å². The highest BCUT2D eigenvalue weighted by Gasteiger charge is 2.16. The Labute approximate surface area is 114 Å². The van der Waals surface area contributed by atoms with Crippen molar-refractivity contribution in [1.29, 1.82) is 0 Å². The van der Waals surface area contributed by atoms with Crippen LogP contribution in [0.3, 0.4) is 0 Å². The second-order valence-electron chi connectivity index (χ2n) is 4.95. The van der Waals surface area contributed by atoms with E-state index in [1.54, 1.807) is 7.11 Å². The van der Waals surface area contributed by atoms with Gasteiger partial charge in [-0.2, -0.15) is 0 Å². The zero-order valence-corrected chi connectivity index (χ0v) is 11.8. The minimum atomic E-state index is 0.632. The van der Waals surface area contributed by atoms with Crippen molar-refractivity contribution in [3.63, 3.8) is 0 Å². The van der Waals surface area contributed by atoms with Crippen molar-refractivity contribution >= 4 is 11.6 Å². The number of halogens is 1. The molecule has 0 aromatic heterocycles. The number of methoxy groups -OCH3 is 1. The molecule has 0 aliphatic carbocycles. The molecule has 0 amide bonds. The molecule has 18 heavy (non-hydrogen) atoms. The fourth-order valence-corrected chi connectivity index (χ4v) is 2.66. The molecule has 3 nitrogen and oxygen atoms in total. The van der Waals surface area contributed by atoms with Gasteiger partial charge in [-0.25, -0.2) is 0 Å². The van der Waals surface area contributed by atoms with Crippen LogP contribution in [0.25, 0.3) is 0 Å². The molecule has 2 rings (SSSR count). The van der Waals surface area contributed by atoms with Gasteiger partial charge in [0.1, 0.15) is 5.75 Å². The maximum Gasteiger partial charge on any atom is 0.120 e. The summed E-state index contributed by atoms with van der Waals surface area (Å²) in [5.74, 6) is 0.809. The van der Waals surface area contributed by atoms with Crippen molar-refractivity contribution in [3.8, 4) is 5.75 Å². The highest BCUT2D eigenvalue weighted by molar-refractivity contribution is 6.31. The number of likely N-dealkylation sites (N-methyl/N-ethyl adjacent to an activating group) is 1. The Balaban J connectivity index is 1.91. The van der Waals surface area contributed by atoms with Gasteiger partial charge in [0, 0.05) is 24.2 Å². The van der Waals surface area contributed by atoms with Crippen molar-refractivity contribution < 1.29 is 4.74 Å². The third-order valence-electron chi connectivity index (χ3n) is 3.39. The van der Waals surface area contributed by atoms with Gasteiger partial charge in [-0.15, -0.1) is 0 Å². The second kappa shape index (κ2) is 6.41. The Bertz CT molecular complexity index is 391. The molecule has 1 aliphatic heterocycles. The number of hydrogen-bond donors (Lipinski definition) is 1. The third kappa shape index (κ3) is 3.61. The number of hydrogen-bond acceptors (Lipinski definition) is 3. The van der Waals surface area contributed by atoms with Crippen LogP contribution in [0, 0.1) is 0 Å². The van der Waals surface area contributed by atoms with Crippen LogP contribution in [0.5, 0.6) is 5.75 Å². The molecule has 1 aromatic rings. The van der Waals surface area contributed by atoms with Gasteiger partial charge in [0.25, 0.3) is 0 Å². The first kappa shape index (κ1) is 13.7. The topological polar surface area (TPSA) is 24.5 Å². The van der Waals surface area contributed by atoms with Crippen LogP contribution >= 0.6 is 11.6 Å². The fraction of sp³-hybridized carbons (Fsp3) is 0.571. The Kier molecular flexibility index (Phi) is 4.87. The molecule has 1 aromatic carbocycles. The first-order valence-corrected chi connectivity index (χ1v) is 6.81. The lowest BCUT2D eigenvalue weighted by atomic mass is 10.1. The quantitative estimate of drug-likeness (QED) is 0.888. The van der Waals surface area contributed by atoms with Crippen molar-refractivity contribution in [3.05, 3.63) is 28.8 Å². The monoisotopic (exact) mass is 268 g/mol. The standard InChI is InChI=1S/C14H21ClN2O/c1-17(10-12-4-3-7-16-12)9-11-5-6-13(18-2)8-14(11)15/h5-6,8,12,16H,3-4,7,9-10H2,1-2H3. The number of nitrogens with one attached hydrogen (secondary N) is 1. The predicted molar refractivity (Wildman–Crippen MR) is 75.4 cm³/mol. The minimum Gasteiger partial charge on any atom is -0.497 e. The Morgan fingerprint density at radius 3 is 2.94 bits per heavy atom. The van der Waals surface area contributed by atoms with Gasteiger partial charge >= 0.3 is 0 Å². The number of rotatable bonds is 5. The summed E-state index contributed by atoms with van der Waals surface area (Å²) in [4.78, 5) is 2.32. The molecule has 1 heterocycles. The van der Waals surface area contributed by atoms with Gasteiger partial charge in [0.15, 0.2) is 0 Å². The summed E-state index contributed by atoms with van der Waals surface area (Å²) in [6, 6.07) is 6.51. The molecule has 1 saturated heterocycles. The maximum absolute atomic E-state index is 6.25. The zero-order valence-electron chi connectivity index (χ0n) is 11.1. The lowest BCUT2D eigenvalue weighted by Gasteiger charge is -2.21. The van der Waals surface area contributed by atoms with E-state index in [9.17, 15) is 0 Å². The van der Waals surface area contributed by atoms with E-state index >= 15 is 0 Å². The highest BCUT2D eigenvalue weighted by atomic mass is 35.5. The summed E-state index contributed by atoms with van der Waals surface area (Å²) < 4.78 is 5.15. The minimum absolute atomic E-state index is 0.632. The van der Waals surface area contributed by atoms with Gasteiger partial charge in [-0.1, -0.05) is 17.7 Å². The molecule has 0 saturated carbocycles. The predicted octanol–water partition coefficient (Wildman–Crippen LogP) is 2.53. The van der Waals surface area contributed by atoms with E-state index in [4.69, 9.17) is 16.3 Å². The van der Waals surface area contributed by atoms with Crippen LogP contribution in [0.2, 0.25) is 5.02 Å². The molecule has 1 unspecified atom stereocenters. The van der Waals surface area contributed by atoms with Crippen LogP contribution in [-0.4, -0.2) is 38.2 Å². The first-order chi connectivity index (χ1) is 8.69. The zero-order chi connectivity index (χ0) is 13.0. The third-order valence-corrected chi connectivity index (χ3v) is 3.75. The van der Waals surface area contributed by atoms with E-state index in [1.807, 2.05) is 18.2 Å². The fourth-order valence-electron chi connectivity index (χ4n) is 2.43. The summed E-state index contributed by atoms with van der Waals surface area (Å²) in [5.41, 5.74) is 1.15. The van der Waals surface area contributed by atoms with Crippen molar-refractivity contribution in [2.45, 2.75) is 25.4 Å². The highest BCUT2D eigenvalue weighted by Crippen LogP contribution is 2.23. The lowest BCUT2D eigenvalue weighted by molar-refractivity contribution is 0.293. The molecule has 1 N–H and O–H groups in total. The van der Waals surface area contributed by atoms with E-state index < -0.39 is 0 Å². The van der Waals surface area contributed by atoms with Gasteiger partial charge in [0.2, 0.25) is 0 Å². The average Bonchev–Trinajstić information content (AvgIpc) is 2.84. The Morgan fingerprint density at radius 1 is 1.50 bits per heavy atom. The van der Waals surface area contributed by atoms with Gasteiger partial charge in [-0.05, 0) is 44.1 Å². The molecular formula is C14H21ClN2O. The van der Waals surface area contributed by atoms with Gasteiger partial charge < -0.3 is 15.0 Å². The lowest BCUT2D eigenvalue weighted by Crippen LogP contribution is -2.34. The van der Waals surface area contributed by atoms with Crippen LogP contribution in [0.15, 0.2) is 18.2 Å². The summed E-state index contributed by atoms with van der Waals surface area (Å²) in [5, 5.41) is 4.29. The number of nitrogens with zero attached hydrogens (tertiary/aromatic N) is 1. The molecular weight excluding hydrogens is 248 g/mol. The largest absolute Gasteiger partial charge is 0.497 e. The van der Waals surface area contributed by atoms with E-state index in [-0.39, 0.29) is 0 Å². The van der Waals surface area contributed by atoms with E-state index in [1.165, 1.54) is 12.8 Å². The SMILES string of the molecule is COc1ccc(CN(C)CC2CCCN2)c(Cl)c1. The molecule has 1 aliphatic rings. The molecule has 0 spiro atoms. The molecule has 1 atom stereocenters. The van der Waals surface area contributed by atoms with Gasteiger partial charge in [-0.3, -0.25) is 0 Å². The second-order valence-corrected chi connectivity index (χ2v) is 5.35. The van der Waals surface area contributed by atoms with Crippen LogP contribution in [0.1, 0.15) is 18.4 Å². The molecule has 1 fully saturated rings. The smallest absolute Gasteiger partial charge is 0.120 e. The van der Waals surface area contributed by atoms with Crippen LogP contribution in [-0.2, 0) is 6.54 Å². The molecule has 4 heteroatoms. The van der Waals surface area contributed by atoms with Crippen molar-refractivity contribution in [2.24, 2.45) is 0 Å². The Morgan fingerprint density at radius 2 is 2.33 bits per heavy atom. The summed E-state index contributed by atoms with van der Waals surface area (Å²) in [6.45, 7) is 3.10. The summed E-state index contributed by atoms with van der Waals surface area (Å²) in [6.07, 6.45) is 2.57. The van der Waals surface area contributed by atoms with Crippen LogP contribution in [0.4, 0.5) is 0 Å². The summed E-state index contributed by atoms with van der Waals surface area (Å²) >= 11 is 6.25. The molecule has 0 bridgehead atoms. The normalized spacial score (nSPS) is 19.4. The van der Waals surface area contributed by atoms with Gasteiger partial charge in [0.05, 0.1) is 7.11 Å². The molecule has 0 radical (unpaired) electrons. The first-order valence-electron chi connectivity index (χ1n) is 6.43. The Hall–Kier alpha value is -0.770. The number of benzene rings is 1. The van der Waals surface area contributed by atoms with E-state index in [2.05, 4.69) is 17.3 Å². The number of ether oxygens (including phenoxy) is 1. The van der Waals surface area contributed by atoms with E-state index in [0.29, 0.717) is 6.04 Å². The van der Waals surface area contributed by atoms with Crippen LogP contribution < -0.4 is 10.1 Å². The average molecular weight is 269 g/mol. The van der Waals surface area contributed by atoms with Crippen molar-refractivity contribution in [2.75, 3.05) is 27.2 Å². The molecule has 100 valence electrons.